The van der Waals surface area contributed by atoms with Gasteiger partial charge in [-0.25, -0.2) is 0 Å². The first-order chi connectivity index (χ1) is 13.9. The zero-order valence-electron chi connectivity index (χ0n) is 17.7. The first-order valence-electron chi connectivity index (χ1n) is 11.7. The normalized spacial score (nSPS) is 41.2. The highest BCUT2D eigenvalue weighted by Crippen LogP contribution is 2.53. The third kappa shape index (κ3) is 3.25. The maximum Gasteiger partial charge on any atom is 0.243 e. The van der Waals surface area contributed by atoms with Gasteiger partial charge in [0.25, 0.3) is 0 Å². The van der Waals surface area contributed by atoms with Crippen molar-refractivity contribution < 1.29 is 14.4 Å². The number of amides is 3. The molecule has 3 unspecified atom stereocenters. The molecule has 0 aromatic heterocycles. The Morgan fingerprint density at radius 1 is 0.966 bits per heavy atom. The molecule has 0 spiro atoms. The molecule has 5 aliphatic carbocycles. The van der Waals surface area contributed by atoms with Crippen LogP contribution in [-0.4, -0.2) is 34.7 Å². The third-order valence-corrected chi connectivity index (χ3v) is 8.39. The lowest BCUT2D eigenvalue weighted by molar-refractivity contribution is -0.149. The van der Waals surface area contributed by atoms with Crippen LogP contribution in [0.4, 0.5) is 0 Å². The summed E-state index contributed by atoms with van der Waals surface area (Å²) in [5, 5.41) is 3.37. The molecule has 1 N–H and O–H groups in total. The van der Waals surface area contributed by atoms with Crippen LogP contribution in [0.5, 0.6) is 0 Å². The molecule has 3 amide bonds. The summed E-state index contributed by atoms with van der Waals surface area (Å²) in [6.45, 7) is 4.12. The van der Waals surface area contributed by atoms with Crippen molar-refractivity contribution in [2.75, 3.05) is 0 Å². The molecule has 0 aromatic rings. The smallest absolute Gasteiger partial charge is 0.243 e. The van der Waals surface area contributed by atoms with Gasteiger partial charge in [-0.1, -0.05) is 26.0 Å². The summed E-state index contributed by atoms with van der Waals surface area (Å²) in [6, 6.07) is -0.417. The SMILES string of the molecule is CC(C)CC(C(=O)NC1C2CC3CC(C2)CC1C3)N1C(=O)C2CC=CCC2C1=O. The van der Waals surface area contributed by atoms with Crippen LogP contribution in [0.1, 0.15) is 65.2 Å². The number of likely N-dealkylation sites (tertiary alicyclic amines) is 1. The van der Waals surface area contributed by atoms with Crippen LogP contribution in [0.2, 0.25) is 0 Å². The van der Waals surface area contributed by atoms with Gasteiger partial charge in [-0.05, 0) is 81.0 Å². The van der Waals surface area contributed by atoms with E-state index in [-0.39, 0.29) is 41.5 Å². The number of nitrogens with one attached hydrogen (secondary N) is 1. The second kappa shape index (κ2) is 7.24. The van der Waals surface area contributed by atoms with Gasteiger partial charge in [0.15, 0.2) is 0 Å². The quantitative estimate of drug-likeness (QED) is 0.571. The van der Waals surface area contributed by atoms with Crippen molar-refractivity contribution in [3.63, 3.8) is 0 Å². The van der Waals surface area contributed by atoms with E-state index < -0.39 is 6.04 Å². The first kappa shape index (κ1) is 19.3. The Labute approximate surface area is 173 Å². The van der Waals surface area contributed by atoms with Crippen LogP contribution in [0.3, 0.4) is 0 Å². The van der Waals surface area contributed by atoms with E-state index in [1.165, 1.54) is 37.0 Å². The van der Waals surface area contributed by atoms with Gasteiger partial charge >= 0.3 is 0 Å². The van der Waals surface area contributed by atoms with Gasteiger partial charge in [0.05, 0.1) is 11.8 Å². The monoisotopic (exact) mass is 398 g/mol. The highest BCUT2D eigenvalue weighted by atomic mass is 16.2. The van der Waals surface area contributed by atoms with Gasteiger partial charge in [0.2, 0.25) is 17.7 Å². The summed E-state index contributed by atoms with van der Waals surface area (Å²) in [6.07, 6.45) is 12.1. The molecule has 29 heavy (non-hydrogen) atoms. The Morgan fingerprint density at radius 2 is 1.48 bits per heavy atom. The Kier molecular flexibility index (Phi) is 4.83. The Hall–Kier alpha value is -1.65. The minimum atomic E-state index is -0.655. The number of hydrogen-bond donors (Lipinski definition) is 1. The minimum Gasteiger partial charge on any atom is -0.351 e. The minimum absolute atomic E-state index is 0.0931. The van der Waals surface area contributed by atoms with Crippen molar-refractivity contribution in [2.45, 2.75) is 77.3 Å². The van der Waals surface area contributed by atoms with E-state index >= 15 is 0 Å². The number of hydrogen-bond acceptors (Lipinski definition) is 3. The lowest BCUT2D eigenvalue weighted by Gasteiger charge is -2.54. The fraction of sp³-hybridized carbons (Fsp3) is 0.792. The van der Waals surface area contributed by atoms with Crippen molar-refractivity contribution in [2.24, 2.45) is 41.4 Å². The molecule has 6 aliphatic rings. The van der Waals surface area contributed by atoms with E-state index in [1.807, 2.05) is 12.2 Å². The number of nitrogens with zero attached hydrogens (tertiary/aromatic N) is 1. The summed E-state index contributed by atoms with van der Waals surface area (Å²) >= 11 is 0. The van der Waals surface area contributed by atoms with E-state index in [1.54, 1.807) is 0 Å². The second-order valence-electron chi connectivity index (χ2n) is 10.8. The molecule has 5 fully saturated rings. The van der Waals surface area contributed by atoms with Gasteiger partial charge < -0.3 is 5.32 Å². The number of fused-ring (bicyclic) bond motifs is 1. The van der Waals surface area contributed by atoms with Crippen molar-refractivity contribution in [1.82, 2.24) is 10.2 Å². The largest absolute Gasteiger partial charge is 0.351 e. The number of imide groups is 1. The van der Waals surface area contributed by atoms with Gasteiger partial charge in [0, 0.05) is 6.04 Å². The van der Waals surface area contributed by atoms with Crippen LogP contribution in [0.15, 0.2) is 12.2 Å². The summed E-state index contributed by atoms with van der Waals surface area (Å²) < 4.78 is 0. The molecule has 6 rings (SSSR count). The summed E-state index contributed by atoms with van der Waals surface area (Å²) in [5.41, 5.74) is 0. The van der Waals surface area contributed by atoms with Crippen LogP contribution < -0.4 is 5.32 Å². The fourth-order valence-corrected chi connectivity index (χ4v) is 7.33. The van der Waals surface area contributed by atoms with Crippen LogP contribution in [0.25, 0.3) is 0 Å². The van der Waals surface area contributed by atoms with Crippen LogP contribution in [0, 0.1) is 41.4 Å². The van der Waals surface area contributed by atoms with Gasteiger partial charge in [0.1, 0.15) is 6.04 Å². The van der Waals surface area contributed by atoms with Crippen LogP contribution >= 0.6 is 0 Å². The highest BCUT2D eigenvalue weighted by Gasteiger charge is 2.53. The summed E-state index contributed by atoms with van der Waals surface area (Å²) in [5.74, 6) is 2.25. The number of allylic oxidation sites excluding steroid dienone is 2. The van der Waals surface area contributed by atoms with E-state index in [0.29, 0.717) is 31.1 Å². The van der Waals surface area contributed by atoms with E-state index in [4.69, 9.17) is 0 Å². The molecular formula is C24H34N2O3. The molecule has 4 bridgehead atoms. The highest BCUT2D eigenvalue weighted by molar-refractivity contribution is 6.08. The predicted octanol–water partition coefficient (Wildman–Crippen LogP) is 3.29. The average molecular weight is 399 g/mol. The van der Waals surface area contributed by atoms with Crippen LogP contribution in [-0.2, 0) is 14.4 Å². The lowest BCUT2D eigenvalue weighted by Crippen LogP contribution is -2.59. The maximum atomic E-state index is 13.5. The lowest BCUT2D eigenvalue weighted by atomic mass is 9.54. The molecular weight excluding hydrogens is 364 g/mol. The van der Waals surface area contributed by atoms with Crippen molar-refractivity contribution in [3.05, 3.63) is 12.2 Å². The van der Waals surface area contributed by atoms with E-state index in [2.05, 4.69) is 19.2 Å². The fourth-order valence-electron chi connectivity index (χ4n) is 7.33. The first-order valence-corrected chi connectivity index (χ1v) is 11.7. The van der Waals surface area contributed by atoms with Crippen molar-refractivity contribution >= 4 is 17.7 Å². The molecule has 5 heteroatoms. The second-order valence-corrected chi connectivity index (χ2v) is 10.8. The Bertz CT molecular complexity index is 688. The summed E-state index contributed by atoms with van der Waals surface area (Å²) in [7, 11) is 0. The molecule has 0 radical (unpaired) electrons. The average Bonchev–Trinajstić information content (AvgIpc) is 2.93. The molecule has 158 valence electrons. The molecule has 1 saturated heterocycles. The van der Waals surface area contributed by atoms with E-state index in [0.717, 1.165) is 11.8 Å². The molecule has 1 heterocycles. The zero-order valence-corrected chi connectivity index (χ0v) is 17.7. The Balaban J connectivity index is 1.35. The number of carbonyl (C=O) groups excluding carboxylic acids is 3. The molecule has 5 nitrogen and oxygen atoms in total. The topological polar surface area (TPSA) is 66.5 Å². The Morgan fingerprint density at radius 3 is 1.97 bits per heavy atom. The van der Waals surface area contributed by atoms with E-state index in [9.17, 15) is 14.4 Å². The number of rotatable bonds is 5. The maximum absolute atomic E-state index is 13.5. The molecule has 0 aromatic carbocycles. The van der Waals surface area contributed by atoms with Gasteiger partial charge in [-0.3, -0.25) is 19.3 Å². The van der Waals surface area contributed by atoms with Gasteiger partial charge in [-0.2, -0.15) is 0 Å². The predicted molar refractivity (Wildman–Crippen MR) is 109 cm³/mol. The van der Waals surface area contributed by atoms with Crippen molar-refractivity contribution in [3.8, 4) is 0 Å². The molecule has 4 saturated carbocycles. The third-order valence-electron chi connectivity index (χ3n) is 8.39. The van der Waals surface area contributed by atoms with Crippen molar-refractivity contribution in [1.29, 1.82) is 0 Å². The number of carbonyl (C=O) groups is 3. The standard InChI is InChI=1S/C24H34N2O3/c1-13(2)7-20(26-23(28)18-5-3-4-6-19(18)24(26)29)22(27)25-21-16-9-14-8-15(11-16)12-17(21)10-14/h3-4,13-21H,5-12H2,1-2H3,(H,25,27). The van der Waals surface area contributed by atoms with Gasteiger partial charge in [-0.15, -0.1) is 0 Å². The molecule has 3 atom stereocenters. The summed E-state index contributed by atoms with van der Waals surface area (Å²) in [4.78, 5) is 41.0. The molecule has 1 aliphatic heterocycles. The zero-order chi connectivity index (χ0) is 20.3.